The lowest BCUT2D eigenvalue weighted by Crippen LogP contribution is -2.65. The molecule has 59 heavy (non-hydrogen) atoms. The lowest BCUT2D eigenvalue weighted by Gasteiger charge is -2.52. The Morgan fingerprint density at radius 1 is 0.831 bits per heavy atom. The van der Waals surface area contributed by atoms with Crippen LogP contribution in [0.3, 0.4) is 0 Å². The van der Waals surface area contributed by atoms with Gasteiger partial charge in [-0.05, 0) is 66.5 Å². The van der Waals surface area contributed by atoms with E-state index in [1.165, 1.54) is 0 Å². The lowest BCUT2D eigenvalue weighted by atomic mass is 10.0. The summed E-state index contributed by atoms with van der Waals surface area (Å²) in [5.41, 5.74) is 1.38. The van der Waals surface area contributed by atoms with E-state index in [-0.39, 0.29) is 53.5 Å². The largest absolute Gasteiger partial charge is 0.466 e. The van der Waals surface area contributed by atoms with Crippen molar-refractivity contribution in [2.45, 2.75) is 199 Å². The number of nitrogens with one attached hydrogen (secondary N) is 1. The van der Waals surface area contributed by atoms with Gasteiger partial charge in [0, 0.05) is 6.42 Å². The smallest absolute Gasteiger partial charge is 0.408 e. The zero-order valence-corrected chi connectivity index (χ0v) is 41.4. The van der Waals surface area contributed by atoms with Crippen LogP contribution >= 0.6 is 11.8 Å². The van der Waals surface area contributed by atoms with Crippen LogP contribution in [-0.4, -0.2) is 94.5 Å². The Bertz CT molecular complexity index is 1520. The first-order valence-electron chi connectivity index (χ1n) is 21.5. The number of aliphatic hydroxyl groups excluding tert-OH is 1. The number of thioether (sulfide) groups is 1. The van der Waals surface area contributed by atoms with Gasteiger partial charge in [0.2, 0.25) is 14.6 Å². The van der Waals surface area contributed by atoms with E-state index in [0.29, 0.717) is 16.6 Å². The number of rotatable bonds is 19. The van der Waals surface area contributed by atoms with Gasteiger partial charge < -0.3 is 43.0 Å². The standard InChI is InChI=1S/C44H75NO11SSi2/c1-17-50-41(48)38-34(23-33(45-43(49)55-44(14,15)16)40(47)51-24-32-21-19-18-20-22-32)53-42-39(57-38)37(56-59(29(8)9,30(10)11)31(12)13)36(46)35(54-42)25-52-58(26(2)3,27(4)5)28(6)7/h18-22,26-31,33,35-37,39,42,46H,17,23-25H2,1-16H3,(H,45,49)/t33-,35+,36+,37-,39+,42-/m0/s1. The van der Waals surface area contributed by atoms with Crippen LogP contribution in [0.5, 0.6) is 0 Å². The Morgan fingerprint density at radius 3 is 1.86 bits per heavy atom. The highest BCUT2D eigenvalue weighted by Crippen LogP contribution is 2.50. The number of benzene rings is 1. The van der Waals surface area contributed by atoms with Gasteiger partial charge in [0.15, 0.2) is 8.32 Å². The lowest BCUT2D eigenvalue weighted by molar-refractivity contribution is -0.240. The second-order valence-electron chi connectivity index (χ2n) is 18.7. The number of carbonyl (C=O) groups excluding carboxylic acids is 3. The molecular formula is C44H75NO11SSi2. The molecule has 0 bridgehead atoms. The number of aliphatic hydroxyl groups is 1. The average molecular weight is 882 g/mol. The van der Waals surface area contributed by atoms with E-state index in [4.69, 9.17) is 32.5 Å². The minimum atomic E-state index is -2.65. The summed E-state index contributed by atoms with van der Waals surface area (Å²) in [6.07, 6.45) is -4.90. The molecule has 0 saturated carbocycles. The molecular weight excluding hydrogens is 807 g/mol. The molecule has 3 rings (SSSR count). The Kier molecular flexibility index (Phi) is 18.6. The Labute approximate surface area is 360 Å². The number of carbonyl (C=O) groups is 3. The van der Waals surface area contributed by atoms with Crippen LogP contribution in [0.4, 0.5) is 4.79 Å². The van der Waals surface area contributed by atoms with Crippen LogP contribution in [0.25, 0.3) is 0 Å². The SMILES string of the molecule is CCOC(=O)C1=C(C[C@H](NC(=O)OC(C)(C)C)C(=O)OCc2ccccc2)O[C@H]2O[C@H](CO[Si](C(C)C)(C(C)C)C(C)C)[C@@H](O)[C@H](O[Si](C(C)C)(C(C)C)C(C)C)[C@H]2S1. The van der Waals surface area contributed by atoms with Crippen molar-refractivity contribution in [1.29, 1.82) is 0 Å². The summed E-state index contributed by atoms with van der Waals surface area (Å²) in [7, 11) is -5.04. The molecule has 1 fully saturated rings. The van der Waals surface area contributed by atoms with Gasteiger partial charge in [0.05, 0.1) is 24.6 Å². The van der Waals surface area contributed by atoms with Crippen molar-refractivity contribution >= 4 is 46.4 Å². The predicted octanol–water partition coefficient (Wildman–Crippen LogP) is 9.76. The summed E-state index contributed by atoms with van der Waals surface area (Å²) in [6, 6.07) is 7.86. The van der Waals surface area contributed by atoms with E-state index in [1.807, 2.05) is 30.3 Å². The third kappa shape index (κ3) is 12.4. The first-order valence-corrected chi connectivity index (χ1v) is 26.7. The van der Waals surface area contributed by atoms with Gasteiger partial charge >= 0.3 is 18.0 Å². The van der Waals surface area contributed by atoms with Gasteiger partial charge in [-0.25, -0.2) is 14.4 Å². The van der Waals surface area contributed by atoms with Crippen molar-refractivity contribution in [2.75, 3.05) is 13.2 Å². The predicted molar refractivity (Wildman–Crippen MR) is 238 cm³/mol. The van der Waals surface area contributed by atoms with Crippen LogP contribution in [0.2, 0.25) is 33.2 Å². The molecule has 6 atom stereocenters. The molecule has 15 heteroatoms. The molecule has 2 heterocycles. The van der Waals surface area contributed by atoms with Crippen molar-refractivity contribution in [3.8, 4) is 0 Å². The van der Waals surface area contributed by atoms with Gasteiger partial charge in [-0.15, -0.1) is 11.8 Å². The molecule has 12 nitrogen and oxygen atoms in total. The van der Waals surface area contributed by atoms with Crippen molar-refractivity contribution < 1.29 is 52.0 Å². The maximum Gasteiger partial charge on any atom is 0.408 e. The number of hydrogen-bond acceptors (Lipinski definition) is 12. The fourth-order valence-electron chi connectivity index (χ4n) is 9.31. The molecule has 2 aliphatic heterocycles. The normalized spacial score (nSPS) is 22.2. The van der Waals surface area contributed by atoms with Gasteiger partial charge in [-0.2, -0.15) is 0 Å². The average Bonchev–Trinajstić information content (AvgIpc) is 3.12. The molecule has 0 spiro atoms. The maximum atomic E-state index is 13.9. The third-order valence-corrected chi connectivity index (χ3v) is 25.3. The molecule has 1 aromatic rings. The second kappa shape index (κ2) is 21.6. The number of alkyl carbamates (subject to hydrolysis) is 1. The van der Waals surface area contributed by atoms with Gasteiger partial charge in [-0.1, -0.05) is 113 Å². The van der Waals surface area contributed by atoms with Crippen LogP contribution in [0.1, 0.15) is 123 Å². The second-order valence-corrected chi connectivity index (χ2v) is 30.8. The molecule has 0 aromatic heterocycles. The van der Waals surface area contributed by atoms with Crippen molar-refractivity contribution in [2.24, 2.45) is 0 Å². The Balaban J connectivity index is 2.16. The zero-order valence-electron chi connectivity index (χ0n) is 38.6. The van der Waals surface area contributed by atoms with E-state index < -0.39 is 76.2 Å². The third-order valence-electron chi connectivity index (χ3n) is 11.7. The molecule has 1 aromatic carbocycles. The van der Waals surface area contributed by atoms with Crippen LogP contribution in [0.15, 0.2) is 41.0 Å². The first kappa shape index (κ1) is 50.9. The van der Waals surface area contributed by atoms with Crippen molar-refractivity contribution in [3.05, 3.63) is 46.6 Å². The molecule has 1 amide bonds. The molecule has 0 radical (unpaired) electrons. The summed E-state index contributed by atoms with van der Waals surface area (Å²) in [5.74, 6) is -1.34. The van der Waals surface area contributed by atoms with Gasteiger partial charge in [0.1, 0.15) is 41.1 Å². The number of esters is 2. The molecule has 2 aliphatic rings. The van der Waals surface area contributed by atoms with Crippen molar-refractivity contribution in [1.82, 2.24) is 5.32 Å². The summed E-state index contributed by atoms with van der Waals surface area (Å²) < 4.78 is 44.6. The summed E-state index contributed by atoms with van der Waals surface area (Å²) >= 11 is 1.16. The fourth-order valence-corrected chi connectivity index (χ4v) is 21.7. The summed E-state index contributed by atoms with van der Waals surface area (Å²) in [4.78, 5) is 41.0. The molecule has 336 valence electrons. The summed E-state index contributed by atoms with van der Waals surface area (Å²) in [5, 5.41) is 14.4. The number of amides is 1. The quantitative estimate of drug-likeness (QED) is 0.0774. The fraction of sp³-hybridized carbons (Fsp3) is 0.750. The topological polar surface area (TPSA) is 148 Å². The molecule has 0 aliphatic carbocycles. The number of fused-ring (bicyclic) bond motifs is 1. The maximum absolute atomic E-state index is 13.9. The molecule has 2 N–H and O–H groups in total. The van der Waals surface area contributed by atoms with E-state index >= 15 is 0 Å². The Morgan fingerprint density at radius 2 is 1.37 bits per heavy atom. The van der Waals surface area contributed by atoms with Gasteiger partial charge in [0.25, 0.3) is 0 Å². The molecule has 0 unspecified atom stereocenters. The summed E-state index contributed by atoms with van der Waals surface area (Å²) in [6.45, 7) is 33.4. The van der Waals surface area contributed by atoms with Gasteiger partial charge in [-0.3, -0.25) is 0 Å². The van der Waals surface area contributed by atoms with E-state index in [1.54, 1.807) is 27.7 Å². The van der Waals surface area contributed by atoms with E-state index in [0.717, 1.165) is 17.3 Å². The minimum Gasteiger partial charge on any atom is -0.466 e. The zero-order chi connectivity index (χ0) is 44.6. The highest BCUT2D eigenvalue weighted by Gasteiger charge is 2.57. The number of hydrogen-bond donors (Lipinski definition) is 2. The first-order chi connectivity index (χ1) is 27.4. The van der Waals surface area contributed by atoms with Crippen LogP contribution < -0.4 is 5.32 Å². The monoisotopic (exact) mass is 881 g/mol. The van der Waals surface area contributed by atoms with E-state index in [2.05, 4.69) is 88.4 Å². The molecule has 1 saturated heterocycles. The minimum absolute atomic E-state index is 0.0426. The highest BCUT2D eigenvalue weighted by molar-refractivity contribution is 8.04. The number of ether oxygens (including phenoxy) is 5. The van der Waals surface area contributed by atoms with Crippen LogP contribution in [-0.2, 0) is 48.7 Å². The highest BCUT2D eigenvalue weighted by atomic mass is 32.2. The van der Waals surface area contributed by atoms with Crippen molar-refractivity contribution in [3.63, 3.8) is 0 Å². The Hall–Kier alpha value is -2.41. The van der Waals surface area contributed by atoms with E-state index in [9.17, 15) is 19.5 Å². The van der Waals surface area contributed by atoms with Crippen LogP contribution in [0, 0.1) is 0 Å².